The van der Waals surface area contributed by atoms with Crippen LogP contribution in [0, 0.1) is 0 Å². The molecule has 0 spiro atoms. The normalized spacial score (nSPS) is 11.2. The van der Waals surface area contributed by atoms with E-state index in [4.69, 9.17) is 0 Å². The minimum Gasteiger partial charge on any atom is -0.0622 e. The summed E-state index contributed by atoms with van der Waals surface area (Å²) in [6.07, 6.45) is 0. The van der Waals surface area contributed by atoms with Gasteiger partial charge in [0.15, 0.2) is 0 Å². The Labute approximate surface area is 655 Å². The molecule has 524 valence electrons. The Morgan fingerprint density at radius 3 is 0.438 bits per heavy atom. The van der Waals surface area contributed by atoms with E-state index in [0.717, 1.165) is 0 Å². The minimum absolute atomic E-state index is 1.19. The lowest BCUT2D eigenvalue weighted by molar-refractivity contribution is 1.55. The van der Waals surface area contributed by atoms with Crippen LogP contribution >= 0.6 is 0 Å². The summed E-state index contributed by atoms with van der Waals surface area (Å²) in [4.78, 5) is 0. The molecule has 0 fully saturated rings. The van der Waals surface area contributed by atoms with E-state index in [1.54, 1.807) is 0 Å². The molecule has 0 radical (unpaired) electrons. The van der Waals surface area contributed by atoms with Gasteiger partial charge in [-0.15, -0.1) is 0 Å². The second-order valence-electron chi connectivity index (χ2n) is 28.8. The monoisotopic (exact) mass is 1420 g/mol. The van der Waals surface area contributed by atoms with E-state index in [1.165, 1.54) is 199 Å². The minimum atomic E-state index is 1.19. The van der Waals surface area contributed by atoms with Crippen LogP contribution in [0.15, 0.2) is 461 Å². The number of benzene rings is 20. The highest BCUT2D eigenvalue weighted by atomic mass is 14.3. The summed E-state index contributed by atoms with van der Waals surface area (Å²) in [5.74, 6) is 0. The molecule has 20 aromatic carbocycles. The first-order chi connectivity index (χ1) is 55.6. The van der Waals surface area contributed by atoms with Crippen molar-refractivity contribution in [1.82, 2.24) is 0 Å². The van der Waals surface area contributed by atoms with Crippen LogP contribution in [-0.4, -0.2) is 0 Å². The van der Waals surface area contributed by atoms with Gasteiger partial charge in [-0.25, -0.2) is 0 Å². The summed E-state index contributed by atoms with van der Waals surface area (Å²) in [5, 5.41) is 9.90. The van der Waals surface area contributed by atoms with Crippen molar-refractivity contribution in [3.8, 4) is 156 Å². The molecule has 20 rings (SSSR count). The lowest BCUT2D eigenvalue weighted by Crippen LogP contribution is -1.96. The SMILES string of the molecule is c1ccc(-c2cc(-c3c4ccccc4c(-c4cc(-c5ccccc5)c(-c5ccccc5)c(-c5ccccc5)c4)c4ccccc34)cc(-c3ccccc3)c2-c2ccccc2)cc1.c1ccc(-c2ccc(-c3c4ccccc4c(-c4ccc(-c5ccccc5)c(-c5ccccc5)c4)c4ccccc34)cc2-c2ccccc2)cc1. The molecule has 0 aliphatic carbocycles. The molecule has 0 saturated carbocycles. The highest BCUT2D eigenvalue weighted by Crippen LogP contribution is 2.53. The molecule has 0 unspecified atom stereocenters. The van der Waals surface area contributed by atoms with Gasteiger partial charge in [0.1, 0.15) is 0 Å². The molecular weight excluding hydrogens is 1350 g/mol. The van der Waals surface area contributed by atoms with Crippen LogP contribution in [0.4, 0.5) is 0 Å². The van der Waals surface area contributed by atoms with Crippen LogP contribution in [0.5, 0.6) is 0 Å². The molecule has 20 aromatic rings. The summed E-state index contributed by atoms with van der Waals surface area (Å²) in [7, 11) is 0. The van der Waals surface area contributed by atoms with Gasteiger partial charge in [-0.2, -0.15) is 0 Å². The summed E-state index contributed by atoms with van der Waals surface area (Å²) in [6.45, 7) is 0. The van der Waals surface area contributed by atoms with Crippen molar-refractivity contribution in [3.05, 3.63) is 461 Å². The maximum atomic E-state index is 2.44. The number of rotatable bonds is 14. The fourth-order valence-corrected chi connectivity index (χ4v) is 17.1. The molecule has 0 aliphatic heterocycles. The molecule has 0 aromatic heterocycles. The standard InChI is InChI=1S/C62H42.C50H34/c1-7-23-43(24-8-1)55-39-49(40-56(44-25-9-2-10-26-44)59(55)47-31-15-5-16-32-47)61-51-35-19-21-37-53(51)62(54-38-22-20-36-52(54)61)50-41-57(45-27-11-3-12-28-45)60(48-33-17-6-18-34-48)58(42-50)46-29-13-4-14-30-46;1-5-17-35(18-6-1)41-31-29-39(33-47(41)37-21-9-3-10-22-37)49-43-25-13-15-27-45(43)50(46-28-16-14-26-44(46)49)40-30-32-42(36-19-7-2-8-20-36)48(34-40)38-23-11-4-12-24-38/h1-42H;1-34H. The van der Waals surface area contributed by atoms with Crippen molar-refractivity contribution in [1.29, 1.82) is 0 Å². The molecule has 112 heavy (non-hydrogen) atoms. The Hall–Kier alpha value is -14.6. The topological polar surface area (TPSA) is 0 Å². The zero-order valence-electron chi connectivity index (χ0n) is 61.9. The number of hydrogen-bond acceptors (Lipinski definition) is 0. The van der Waals surface area contributed by atoms with Crippen molar-refractivity contribution in [2.45, 2.75) is 0 Å². The number of fused-ring (bicyclic) bond motifs is 4. The van der Waals surface area contributed by atoms with Crippen LogP contribution in [0.1, 0.15) is 0 Å². The van der Waals surface area contributed by atoms with Crippen molar-refractivity contribution >= 4 is 43.1 Å². The largest absolute Gasteiger partial charge is 0.0622 e. The van der Waals surface area contributed by atoms with E-state index in [9.17, 15) is 0 Å². The smallest absolute Gasteiger partial charge is 0.00259 e. The van der Waals surface area contributed by atoms with Crippen molar-refractivity contribution < 1.29 is 0 Å². The van der Waals surface area contributed by atoms with Gasteiger partial charge in [-0.05, 0) is 235 Å². The first-order valence-electron chi connectivity index (χ1n) is 38.7. The van der Waals surface area contributed by atoms with E-state index >= 15 is 0 Å². The Morgan fingerprint density at radius 1 is 0.0804 bits per heavy atom. The second kappa shape index (κ2) is 30.6. The predicted octanol–water partition coefficient (Wildman–Crippen LogP) is 31.3. The van der Waals surface area contributed by atoms with E-state index in [-0.39, 0.29) is 0 Å². The van der Waals surface area contributed by atoms with Crippen LogP contribution in [0.3, 0.4) is 0 Å². The third kappa shape index (κ3) is 13.0. The van der Waals surface area contributed by atoms with E-state index in [1.807, 2.05) is 0 Å². The lowest BCUT2D eigenvalue weighted by Gasteiger charge is -2.23. The Balaban J connectivity index is 0.000000154. The maximum Gasteiger partial charge on any atom is -0.00259 e. The average Bonchev–Trinajstić information content (AvgIpc) is 0.735. The zero-order chi connectivity index (χ0) is 74.5. The zero-order valence-corrected chi connectivity index (χ0v) is 61.9. The molecule has 0 atom stereocenters. The summed E-state index contributed by atoms with van der Waals surface area (Å²) in [5.41, 5.74) is 34.1. The van der Waals surface area contributed by atoms with E-state index < -0.39 is 0 Å². The average molecular weight is 1420 g/mol. The molecule has 0 N–H and O–H groups in total. The first-order valence-corrected chi connectivity index (χ1v) is 38.7. The van der Waals surface area contributed by atoms with Gasteiger partial charge < -0.3 is 0 Å². The fraction of sp³-hybridized carbons (Fsp3) is 0. The maximum absolute atomic E-state index is 2.44. The van der Waals surface area contributed by atoms with Crippen molar-refractivity contribution in [2.75, 3.05) is 0 Å². The van der Waals surface area contributed by atoms with Gasteiger partial charge in [-0.3, -0.25) is 0 Å². The van der Waals surface area contributed by atoms with E-state index in [2.05, 4.69) is 461 Å². The molecule has 0 aliphatic rings. The molecular formula is C112H76. The van der Waals surface area contributed by atoms with Crippen molar-refractivity contribution in [2.24, 2.45) is 0 Å². The highest BCUT2D eigenvalue weighted by molar-refractivity contribution is 6.24. The quantitative estimate of drug-likeness (QED) is 0.0952. The first kappa shape index (κ1) is 68.0. The molecule has 0 saturated heterocycles. The van der Waals surface area contributed by atoms with Crippen LogP contribution in [0.25, 0.3) is 199 Å². The summed E-state index contributed by atoms with van der Waals surface area (Å²) in [6, 6.07) is 168. The second-order valence-corrected chi connectivity index (χ2v) is 28.8. The lowest BCUT2D eigenvalue weighted by atomic mass is 9.80. The Bertz CT molecular complexity index is 6110. The predicted molar refractivity (Wildman–Crippen MR) is 479 cm³/mol. The Kier molecular flexibility index (Phi) is 18.6. The van der Waals surface area contributed by atoms with Gasteiger partial charge in [-0.1, -0.05) is 425 Å². The third-order valence-electron chi connectivity index (χ3n) is 22.1. The Morgan fingerprint density at radius 2 is 0.232 bits per heavy atom. The molecule has 0 heteroatoms. The molecule has 0 heterocycles. The summed E-state index contributed by atoms with van der Waals surface area (Å²) < 4.78 is 0. The fourth-order valence-electron chi connectivity index (χ4n) is 17.1. The van der Waals surface area contributed by atoms with Gasteiger partial charge in [0, 0.05) is 0 Å². The molecule has 0 bridgehead atoms. The van der Waals surface area contributed by atoms with Crippen LogP contribution < -0.4 is 0 Å². The highest BCUT2D eigenvalue weighted by Gasteiger charge is 2.26. The van der Waals surface area contributed by atoms with Gasteiger partial charge in [0.2, 0.25) is 0 Å². The molecule has 0 amide bonds. The van der Waals surface area contributed by atoms with Gasteiger partial charge in [0.25, 0.3) is 0 Å². The third-order valence-corrected chi connectivity index (χ3v) is 22.1. The van der Waals surface area contributed by atoms with Gasteiger partial charge in [0.05, 0.1) is 0 Å². The number of hydrogen-bond donors (Lipinski definition) is 0. The summed E-state index contributed by atoms with van der Waals surface area (Å²) >= 11 is 0. The van der Waals surface area contributed by atoms with Crippen LogP contribution in [0.2, 0.25) is 0 Å². The molecule has 0 nitrogen and oxygen atoms in total. The van der Waals surface area contributed by atoms with Gasteiger partial charge >= 0.3 is 0 Å². The van der Waals surface area contributed by atoms with Crippen molar-refractivity contribution in [3.63, 3.8) is 0 Å². The van der Waals surface area contributed by atoms with E-state index in [0.29, 0.717) is 0 Å². The van der Waals surface area contributed by atoms with Crippen LogP contribution in [-0.2, 0) is 0 Å².